The van der Waals surface area contributed by atoms with E-state index in [1.54, 1.807) is 12.1 Å². The summed E-state index contributed by atoms with van der Waals surface area (Å²) in [6, 6.07) is 6.92. The van der Waals surface area contributed by atoms with Gasteiger partial charge in [0.05, 0.1) is 0 Å². The lowest BCUT2D eigenvalue weighted by Gasteiger charge is -2.34. The lowest BCUT2D eigenvalue weighted by Crippen LogP contribution is -2.43. The van der Waals surface area contributed by atoms with Crippen molar-refractivity contribution in [2.45, 2.75) is 25.4 Å². The van der Waals surface area contributed by atoms with Gasteiger partial charge in [0.25, 0.3) is 0 Å². The summed E-state index contributed by atoms with van der Waals surface area (Å²) >= 11 is 0. The molecule has 2 rings (SSSR count). The Morgan fingerprint density at radius 1 is 1.20 bits per heavy atom. The molecule has 1 aliphatic rings. The van der Waals surface area contributed by atoms with Crippen molar-refractivity contribution in [2.75, 3.05) is 13.1 Å². The molecule has 0 aromatic heterocycles. The van der Waals surface area contributed by atoms with Gasteiger partial charge in [0.2, 0.25) is 0 Å². The molecule has 3 nitrogen and oxygen atoms in total. The molecule has 1 heterocycles. The van der Waals surface area contributed by atoms with Gasteiger partial charge in [0.1, 0.15) is 17.1 Å². The van der Waals surface area contributed by atoms with Crippen LogP contribution in [0, 0.1) is 0 Å². The van der Waals surface area contributed by atoms with E-state index in [1.165, 1.54) is 0 Å². The van der Waals surface area contributed by atoms with Crippen LogP contribution in [0.25, 0.3) is 0 Å². The monoisotopic (exact) mass is 207 g/mol. The Labute approximate surface area is 90.1 Å². The average molecular weight is 207 g/mol. The maximum atomic E-state index is 9.16. The molecular weight excluding hydrogens is 190 g/mol. The smallest absolute Gasteiger partial charge is 0.120 e. The van der Waals surface area contributed by atoms with Crippen molar-refractivity contribution in [2.24, 2.45) is 0 Å². The number of hydrogen-bond donors (Lipinski definition) is 2. The maximum Gasteiger partial charge on any atom is 0.120 e. The van der Waals surface area contributed by atoms with Crippen LogP contribution in [0.3, 0.4) is 0 Å². The first-order chi connectivity index (χ1) is 7.18. The highest BCUT2D eigenvalue weighted by Crippen LogP contribution is 2.26. The van der Waals surface area contributed by atoms with E-state index >= 15 is 0 Å². The summed E-state index contributed by atoms with van der Waals surface area (Å²) in [5.74, 6) is 1.11. The molecule has 1 fully saturated rings. The Morgan fingerprint density at radius 2 is 1.80 bits per heavy atom. The van der Waals surface area contributed by atoms with Crippen molar-refractivity contribution < 1.29 is 9.84 Å². The fraction of sp³-hybridized carbons (Fsp3) is 0.500. The number of ether oxygens (including phenoxy) is 1. The quantitative estimate of drug-likeness (QED) is 0.778. The van der Waals surface area contributed by atoms with Gasteiger partial charge in [0, 0.05) is 0 Å². The molecule has 15 heavy (non-hydrogen) atoms. The lowest BCUT2D eigenvalue weighted by molar-refractivity contribution is 0.0555. The largest absolute Gasteiger partial charge is 0.508 e. The highest BCUT2D eigenvalue weighted by Gasteiger charge is 2.28. The Hall–Kier alpha value is -1.22. The van der Waals surface area contributed by atoms with Crippen LogP contribution >= 0.6 is 0 Å². The Bertz CT molecular complexity index is 315. The highest BCUT2D eigenvalue weighted by molar-refractivity contribution is 5.30. The van der Waals surface area contributed by atoms with Crippen molar-refractivity contribution in [1.82, 2.24) is 5.32 Å². The van der Waals surface area contributed by atoms with Gasteiger partial charge in [-0.3, -0.25) is 0 Å². The van der Waals surface area contributed by atoms with Crippen LogP contribution in [-0.4, -0.2) is 23.8 Å². The van der Waals surface area contributed by atoms with Crippen LogP contribution in [0.1, 0.15) is 19.8 Å². The van der Waals surface area contributed by atoms with E-state index < -0.39 is 0 Å². The van der Waals surface area contributed by atoms with Crippen molar-refractivity contribution in [3.05, 3.63) is 24.3 Å². The topological polar surface area (TPSA) is 41.5 Å². The molecule has 0 bridgehead atoms. The van der Waals surface area contributed by atoms with Crippen LogP contribution in [0.5, 0.6) is 11.5 Å². The number of aromatic hydroxyl groups is 1. The SMILES string of the molecule is CC1(Oc2ccc(O)cc2)CCNCC1. The normalized spacial score (nSPS) is 19.8. The summed E-state index contributed by atoms with van der Waals surface area (Å²) in [5.41, 5.74) is -0.0672. The molecule has 1 aromatic rings. The van der Waals surface area contributed by atoms with E-state index in [4.69, 9.17) is 9.84 Å². The van der Waals surface area contributed by atoms with E-state index in [0.29, 0.717) is 0 Å². The molecule has 0 aliphatic carbocycles. The molecule has 0 spiro atoms. The zero-order valence-corrected chi connectivity index (χ0v) is 8.99. The molecule has 0 unspecified atom stereocenters. The van der Waals surface area contributed by atoms with E-state index in [2.05, 4.69) is 12.2 Å². The van der Waals surface area contributed by atoms with E-state index in [-0.39, 0.29) is 11.4 Å². The van der Waals surface area contributed by atoms with E-state index in [0.717, 1.165) is 31.7 Å². The van der Waals surface area contributed by atoms with Crippen LogP contribution in [0.4, 0.5) is 0 Å². The summed E-state index contributed by atoms with van der Waals surface area (Å²) in [6.45, 7) is 4.16. The van der Waals surface area contributed by atoms with Gasteiger partial charge < -0.3 is 15.2 Å². The predicted octanol–water partition coefficient (Wildman–Crippen LogP) is 1.91. The number of benzene rings is 1. The minimum atomic E-state index is -0.0672. The van der Waals surface area contributed by atoms with Crippen molar-refractivity contribution in [1.29, 1.82) is 0 Å². The average Bonchev–Trinajstić information content (AvgIpc) is 2.22. The molecule has 0 amide bonds. The van der Waals surface area contributed by atoms with Gasteiger partial charge in [-0.1, -0.05) is 0 Å². The summed E-state index contributed by atoms with van der Waals surface area (Å²) < 4.78 is 5.95. The van der Waals surface area contributed by atoms with Crippen molar-refractivity contribution >= 4 is 0 Å². The number of piperidine rings is 1. The molecular formula is C12H17NO2. The first-order valence-electron chi connectivity index (χ1n) is 5.37. The Kier molecular flexibility index (Phi) is 2.82. The zero-order chi connectivity index (χ0) is 10.7. The third-order valence-electron chi connectivity index (χ3n) is 2.86. The number of phenols is 1. The minimum absolute atomic E-state index is 0.0672. The predicted molar refractivity (Wildman–Crippen MR) is 59.2 cm³/mol. The van der Waals surface area contributed by atoms with Gasteiger partial charge >= 0.3 is 0 Å². The van der Waals surface area contributed by atoms with Gasteiger partial charge in [-0.15, -0.1) is 0 Å². The van der Waals surface area contributed by atoms with E-state index in [9.17, 15) is 0 Å². The molecule has 0 saturated carbocycles. The minimum Gasteiger partial charge on any atom is -0.508 e. The fourth-order valence-corrected chi connectivity index (χ4v) is 1.86. The highest BCUT2D eigenvalue weighted by atomic mass is 16.5. The first-order valence-corrected chi connectivity index (χ1v) is 5.37. The number of phenolic OH excluding ortho intramolecular Hbond substituents is 1. The standard InChI is InChI=1S/C12H17NO2/c1-12(6-8-13-9-7-12)15-11-4-2-10(14)3-5-11/h2-5,13-14H,6-9H2,1H3. The second kappa shape index (κ2) is 4.11. The van der Waals surface area contributed by atoms with Crippen molar-refractivity contribution in [3.8, 4) is 11.5 Å². The molecule has 82 valence electrons. The first kappa shape index (κ1) is 10.3. The van der Waals surface area contributed by atoms with E-state index in [1.807, 2.05) is 12.1 Å². The van der Waals surface area contributed by atoms with Gasteiger partial charge in [-0.05, 0) is 57.1 Å². The molecule has 1 aromatic carbocycles. The summed E-state index contributed by atoms with van der Waals surface area (Å²) in [4.78, 5) is 0. The summed E-state index contributed by atoms with van der Waals surface area (Å²) in [6.07, 6.45) is 2.04. The van der Waals surface area contributed by atoms with Gasteiger partial charge in [-0.25, -0.2) is 0 Å². The van der Waals surface area contributed by atoms with Gasteiger partial charge in [-0.2, -0.15) is 0 Å². The Morgan fingerprint density at radius 3 is 2.40 bits per heavy atom. The molecule has 3 heteroatoms. The van der Waals surface area contributed by atoms with Crippen LogP contribution in [0.2, 0.25) is 0 Å². The maximum absolute atomic E-state index is 9.16. The number of nitrogens with one attached hydrogen (secondary N) is 1. The Balaban J connectivity index is 2.03. The van der Waals surface area contributed by atoms with Crippen LogP contribution < -0.4 is 10.1 Å². The fourth-order valence-electron chi connectivity index (χ4n) is 1.86. The summed E-state index contributed by atoms with van der Waals surface area (Å²) in [7, 11) is 0. The zero-order valence-electron chi connectivity index (χ0n) is 8.99. The summed E-state index contributed by atoms with van der Waals surface area (Å²) in [5, 5.41) is 12.5. The van der Waals surface area contributed by atoms with Crippen LogP contribution in [-0.2, 0) is 0 Å². The van der Waals surface area contributed by atoms with Crippen LogP contribution in [0.15, 0.2) is 24.3 Å². The third kappa shape index (κ3) is 2.63. The second-order valence-electron chi connectivity index (χ2n) is 4.30. The molecule has 1 aliphatic heterocycles. The molecule has 0 atom stereocenters. The molecule has 2 N–H and O–H groups in total. The molecule has 0 radical (unpaired) electrons. The molecule has 1 saturated heterocycles. The number of hydrogen-bond acceptors (Lipinski definition) is 3. The van der Waals surface area contributed by atoms with Gasteiger partial charge in [0.15, 0.2) is 0 Å². The lowest BCUT2D eigenvalue weighted by atomic mass is 9.94. The number of rotatable bonds is 2. The third-order valence-corrected chi connectivity index (χ3v) is 2.86. The van der Waals surface area contributed by atoms with Crippen molar-refractivity contribution in [3.63, 3.8) is 0 Å². The second-order valence-corrected chi connectivity index (χ2v) is 4.30.